The van der Waals surface area contributed by atoms with Crippen molar-refractivity contribution >= 4 is 0 Å². The molecule has 1 aromatic carbocycles. The Hall–Kier alpha value is -0.820. The molecule has 100 valence electrons. The van der Waals surface area contributed by atoms with Crippen molar-refractivity contribution in [3.8, 4) is 0 Å². The topological polar surface area (TPSA) is 3.24 Å². The highest BCUT2D eigenvalue weighted by Crippen LogP contribution is 2.21. The van der Waals surface area contributed by atoms with E-state index in [9.17, 15) is 0 Å². The van der Waals surface area contributed by atoms with Crippen LogP contribution in [0.3, 0.4) is 0 Å². The first-order chi connectivity index (χ1) is 8.53. The van der Waals surface area contributed by atoms with E-state index < -0.39 is 0 Å². The molecule has 0 atom stereocenters. The van der Waals surface area contributed by atoms with Crippen molar-refractivity contribution in [3.05, 3.63) is 35.4 Å². The molecule has 0 bridgehead atoms. The van der Waals surface area contributed by atoms with Gasteiger partial charge in [-0.05, 0) is 61.9 Å². The Morgan fingerprint density at radius 2 is 1.61 bits per heavy atom. The summed E-state index contributed by atoms with van der Waals surface area (Å²) in [4.78, 5) is 2.55. The lowest BCUT2D eigenvalue weighted by Gasteiger charge is -2.30. The van der Waals surface area contributed by atoms with Crippen molar-refractivity contribution in [2.24, 2.45) is 5.41 Å². The van der Waals surface area contributed by atoms with Crippen LogP contribution in [0.4, 0.5) is 0 Å². The molecule has 1 saturated heterocycles. The molecule has 0 saturated carbocycles. The highest BCUT2D eigenvalue weighted by Gasteiger charge is 2.13. The minimum absolute atomic E-state index is 0.388. The van der Waals surface area contributed by atoms with E-state index in [0.717, 1.165) is 0 Å². The van der Waals surface area contributed by atoms with E-state index in [4.69, 9.17) is 0 Å². The normalized spacial score (nSPS) is 16.6. The van der Waals surface area contributed by atoms with Crippen molar-refractivity contribution in [3.63, 3.8) is 0 Å². The van der Waals surface area contributed by atoms with Crippen LogP contribution in [0.25, 0.3) is 0 Å². The Bertz CT molecular complexity index is 354. The summed E-state index contributed by atoms with van der Waals surface area (Å²) in [6, 6.07) is 9.25. The molecule has 1 heteroatoms. The Morgan fingerprint density at radius 3 is 2.11 bits per heavy atom. The molecule has 0 unspecified atom stereocenters. The third-order valence-electron chi connectivity index (χ3n) is 3.65. The number of rotatable bonds is 5. The van der Waals surface area contributed by atoms with Crippen LogP contribution < -0.4 is 0 Å². The number of aryl methyl sites for hydroxylation is 1. The van der Waals surface area contributed by atoms with Crippen molar-refractivity contribution in [1.29, 1.82) is 0 Å². The van der Waals surface area contributed by atoms with E-state index in [1.165, 1.54) is 56.4 Å². The molecule has 0 aromatic heterocycles. The predicted molar refractivity (Wildman–Crippen MR) is 79.0 cm³/mol. The van der Waals surface area contributed by atoms with Gasteiger partial charge < -0.3 is 4.90 Å². The molecule has 0 radical (unpaired) electrons. The van der Waals surface area contributed by atoms with Gasteiger partial charge in [-0.1, -0.05) is 45.0 Å². The van der Waals surface area contributed by atoms with Crippen molar-refractivity contribution in [2.75, 3.05) is 19.6 Å². The zero-order valence-electron chi connectivity index (χ0n) is 12.2. The second-order valence-corrected chi connectivity index (χ2v) is 6.85. The average molecular weight is 245 g/mol. The minimum atomic E-state index is 0.388. The fourth-order valence-electron chi connectivity index (χ4n) is 2.55. The van der Waals surface area contributed by atoms with Gasteiger partial charge in [0, 0.05) is 0 Å². The number of nitrogens with zero attached hydrogens (tertiary/aromatic N) is 1. The molecule has 1 aliphatic heterocycles. The number of benzene rings is 1. The average Bonchev–Trinajstić information content (AvgIpc) is 2.22. The van der Waals surface area contributed by atoms with Crippen LogP contribution in [0, 0.1) is 5.41 Å². The van der Waals surface area contributed by atoms with E-state index in [1.807, 2.05) is 0 Å². The summed E-state index contributed by atoms with van der Waals surface area (Å²) in [5.41, 5.74) is 3.35. The van der Waals surface area contributed by atoms with Gasteiger partial charge in [-0.3, -0.25) is 0 Å². The predicted octanol–water partition coefficient (Wildman–Crippen LogP) is 3.91. The summed E-state index contributed by atoms with van der Waals surface area (Å²) in [6.07, 6.45) is 5.10. The molecule has 0 amide bonds. The maximum absolute atomic E-state index is 2.55. The number of hydrogen-bond donors (Lipinski definition) is 0. The van der Waals surface area contributed by atoms with Crippen molar-refractivity contribution in [1.82, 2.24) is 4.90 Å². The Balaban J connectivity index is 1.76. The lowest BCUT2D eigenvalue weighted by atomic mass is 9.88. The van der Waals surface area contributed by atoms with E-state index >= 15 is 0 Å². The summed E-state index contributed by atoms with van der Waals surface area (Å²) in [6.45, 7) is 10.8. The van der Waals surface area contributed by atoms with Gasteiger partial charge in [0.15, 0.2) is 0 Å². The maximum atomic E-state index is 2.55. The Morgan fingerprint density at radius 1 is 1.00 bits per heavy atom. The Labute approximate surface area is 112 Å². The SMILES string of the molecule is CC(C)(C)Cc1ccc(CCCN2CCC2)cc1. The van der Waals surface area contributed by atoms with Crippen LogP contribution in [0.5, 0.6) is 0 Å². The van der Waals surface area contributed by atoms with Crippen LogP contribution >= 0.6 is 0 Å². The third-order valence-corrected chi connectivity index (χ3v) is 3.65. The van der Waals surface area contributed by atoms with Gasteiger partial charge in [-0.25, -0.2) is 0 Å². The molecular weight excluding hydrogens is 218 g/mol. The van der Waals surface area contributed by atoms with Gasteiger partial charge in [0.25, 0.3) is 0 Å². The minimum Gasteiger partial charge on any atom is -0.303 e. The molecule has 1 aliphatic rings. The third kappa shape index (κ3) is 4.45. The molecule has 1 fully saturated rings. The van der Waals surface area contributed by atoms with Crippen molar-refractivity contribution in [2.45, 2.75) is 46.5 Å². The highest BCUT2D eigenvalue weighted by molar-refractivity contribution is 5.23. The number of hydrogen-bond acceptors (Lipinski definition) is 1. The van der Waals surface area contributed by atoms with E-state index in [2.05, 4.69) is 49.9 Å². The van der Waals surface area contributed by atoms with E-state index in [1.54, 1.807) is 0 Å². The van der Waals surface area contributed by atoms with Gasteiger partial charge >= 0.3 is 0 Å². The number of likely N-dealkylation sites (tertiary alicyclic amines) is 1. The lowest BCUT2D eigenvalue weighted by molar-refractivity contribution is 0.179. The van der Waals surface area contributed by atoms with Crippen molar-refractivity contribution < 1.29 is 0 Å². The second kappa shape index (κ2) is 5.88. The zero-order valence-corrected chi connectivity index (χ0v) is 12.2. The van der Waals surface area contributed by atoms with Gasteiger partial charge in [0.05, 0.1) is 0 Å². The zero-order chi connectivity index (χ0) is 13.0. The van der Waals surface area contributed by atoms with Gasteiger partial charge in [0.2, 0.25) is 0 Å². The first-order valence-corrected chi connectivity index (χ1v) is 7.33. The summed E-state index contributed by atoms with van der Waals surface area (Å²) in [7, 11) is 0. The van der Waals surface area contributed by atoms with Crippen LogP contribution in [0.15, 0.2) is 24.3 Å². The van der Waals surface area contributed by atoms with Crippen LogP contribution in [-0.2, 0) is 12.8 Å². The molecular formula is C17H27N. The van der Waals surface area contributed by atoms with E-state index in [0.29, 0.717) is 5.41 Å². The standard InChI is InChI=1S/C17H27N/c1-17(2,3)14-16-9-7-15(8-10-16)6-4-11-18-12-5-13-18/h7-10H,4-6,11-14H2,1-3H3. The first-order valence-electron chi connectivity index (χ1n) is 7.33. The largest absolute Gasteiger partial charge is 0.303 e. The Kier molecular flexibility index (Phi) is 4.45. The quantitative estimate of drug-likeness (QED) is 0.760. The fraction of sp³-hybridized carbons (Fsp3) is 0.647. The molecule has 0 spiro atoms. The molecule has 0 N–H and O–H groups in total. The van der Waals surface area contributed by atoms with E-state index in [-0.39, 0.29) is 0 Å². The summed E-state index contributed by atoms with van der Waals surface area (Å²) >= 11 is 0. The molecule has 1 nitrogen and oxygen atoms in total. The molecule has 1 aromatic rings. The van der Waals surface area contributed by atoms with Crippen LogP contribution in [0.2, 0.25) is 0 Å². The van der Waals surface area contributed by atoms with Crippen LogP contribution in [0.1, 0.15) is 44.7 Å². The fourth-order valence-corrected chi connectivity index (χ4v) is 2.55. The molecule has 1 heterocycles. The molecule has 18 heavy (non-hydrogen) atoms. The summed E-state index contributed by atoms with van der Waals surface area (Å²) in [5, 5.41) is 0. The highest BCUT2D eigenvalue weighted by atomic mass is 15.2. The van der Waals surface area contributed by atoms with Gasteiger partial charge in [-0.15, -0.1) is 0 Å². The monoisotopic (exact) mass is 245 g/mol. The first kappa shape index (κ1) is 13.6. The summed E-state index contributed by atoms with van der Waals surface area (Å²) in [5.74, 6) is 0. The van der Waals surface area contributed by atoms with Crippen LogP contribution in [-0.4, -0.2) is 24.5 Å². The smallest absolute Gasteiger partial charge is 0.000654 e. The maximum Gasteiger partial charge on any atom is -0.000654 e. The van der Waals surface area contributed by atoms with Gasteiger partial charge in [-0.2, -0.15) is 0 Å². The molecule has 0 aliphatic carbocycles. The summed E-state index contributed by atoms with van der Waals surface area (Å²) < 4.78 is 0. The second-order valence-electron chi connectivity index (χ2n) is 6.85. The molecule has 2 rings (SSSR count). The lowest BCUT2D eigenvalue weighted by Crippen LogP contribution is -2.37. The van der Waals surface area contributed by atoms with Gasteiger partial charge in [0.1, 0.15) is 0 Å².